The number of anilines is 1. The second-order valence-corrected chi connectivity index (χ2v) is 15.1. The fourth-order valence-electron chi connectivity index (χ4n) is 7.67. The number of halogens is 3. The van der Waals surface area contributed by atoms with Gasteiger partial charge in [-0.1, -0.05) is 23.7 Å². The number of fused-ring (bicyclic) bond motifs is 3. The number of hydrogen-bond acceptors (Lipinski definition) is 10. The molecule has 0 bridgehead atoms. The van der Waals surface area contributed by atoms with E-state index < -0.39 is 29.2 Å². The van der Waals surface area contributed by atoms with Crippen molar-refractivity contribution in [3.63, 3.8) is 0 Å². The molecular formula is C37H43ClF2N6O5. The van der Waals surface area contributed by atoms with Crippen LogP contribution < -0.4 is 14.4 Å². The van der Waals surface area contributed by atoms with Crippen LogP contribution in [0.1, 0.15) is 46.5 Å². The van der Waals surface area contributed by atoms with Gasteiger partial charge in [-0.15, -0.1) is 0 Å². The van der Waals surface area contributed by atoms with E-state index in [-0.39, 0.29) is 36.7 Å². The summed E-state index contributed by atoms with van der Waals surface area (Å²) < 4.78 is 54.4. The number of carbonyl (C=O) groups is 1. The van der Waals surface area contributed by atoms with Crippen LogP contribution in [0.15, 0.2) is 36.5 Å². The topological polar surface area (TPSA) is 102 Å². The van der Waals surface area contributed by atoms with E-state index in [1.165, 1.54) is 7.11 Å². The van der Waals surface area contributed by atoms with Gasteiger partial charge in [0.1, 0.15) is 41.2 Å². The highest BCUT2D eigenvalue weighted by Gasteiger charge is 2.49. The van der Waals surface area contributed by atoms with Gasteiger partial charge < -0.3 is 28.7 Å². The third-order valence-electron chi connectivity index (χ3n) is 10.1. The number of likely N-dealkylation sites (N-methyl/N-ethyl adjacent to an activating group) is 1. The number of rotatable bonds is 9. The molecule has 2 aromatic carbocycles. The van der Waals surface area contributed by atoms with Crippen LogP contribution in [0.4, 0.5) is 19.4 Å². The lowest BCUT2D eigenvalue weighted by molar-refractivity contribution is 0.0292. The molecule has 3 aliphatic rings. The largest absolute Gasteiger partial charge is 0.468 e. The third-order valence-corrected chi connectivity index (χ3v) is 10.4. The normalized spacial score (nSPS) is 22.2. The first-order valence-electron chi connectivity index (χ1n) is 17.3. The lowest BCUT2D eigenvalue weighted by Crippen LogP contribution is -2.43. The van der Waals surface area contributed by atoms with Gasteiger partial charge in [-0.25, -0.2) is 13.6 Å². The minimum absolute atomic E-state index is 0.00262. The standard InChI is InChI=1S/C37H43ClF2N6O5/c1-36(2,3)51-35(47)45-13-10-24(19-45)44(4)33-27-17-41-31(26-15-25(50-21-48-5)14-22-8-6-9-28(38)29(22)26)30(40)32(27)42-34(43-33)49-20-37-11-7-12-46(37)18-23(39)16-37/h6,8-9,14-15,17,23-24H,7,10-13,16,18-21H2,1-5H3/t23-,24-,37+/m1/s1. The van der Waals surface area contributed by atoms with Crippen LogP contribution in [0.3, 0.4) is 0 Å². The van der Waals surface area contributed by atoms with Gasteiger partial charge in [0.05, 0.1) is 10.9 Å². The van der Waals surface area contributed by atoms with Crippen molar-refractivity contribution in [3.8, 4) is 23.0 Å². The molecule has 3 atom stereocenters. The van der Waals surface area contributed by atoms with E-state index in [0.29, 0.717) is 65.4 Å². The Balaban J connectivity index is 1.30. The van der Waals surface area contributed by atoms with Gasteiger partial charge in [-0.05, 0) is 70.2 Å². The highest BCUT2D eigenvalue weighted by atomic mass is 35.5. The van der Waals surface area contributed by atoms with Crippen LogP contribution in [-0.2, 0) is 9.47 Å². The van der Waals surface area contributed by atoms with Crippen LogP contribution in [0.5, 0.6) is 11.8 Å². The number of nitrogens with zero attached hydrogens (tertiary/aromatic N) is 6. The van der Waals surface area contributed by atoms with E-state index in [2.05, 4.69) is 14.9 Å². The van der Waals surface area contributed by atoms with E-state index >= 15 is 4.39 Å². The Hall–Kier alpha value is -4.07. The monoisotopic (exact) mass is 724 g/mol. The molecule has 272 valence electrons. The summed E-state index contributed by atoms with van der Waals surface area (Å²) in [7, 11) is 3.37. The van der Waals surface area contributed by atoms with Crippen molar-refractivity contribution < 1.29 is 32.5 Å². The van der Waals surface area contributed by atoms with Crippen LogP contribution in [0.2, 0.25) is 5.02 Å². The summed E-state index contributed by atoms with van der Waals surface area (Å²) in [6, 6.07) is 8.72. The number of alkyl halides is 1. The molecule has 5 heterocycles. The Morgan fingerprint density at radius 2 is 1.98 bits per heavy atom. The van der Waals surface area contributed by atoms with Crippen LogP contribution in [-0.4, -0.2) is 108 Å². The van der Waals surface area contributed by atoms with Crippen molar-refractivity contribution in [1.82, 2.24) is 24.8 Å². The first-order chi connectivity index (χ1) is 24.4. The predicted molar refractivity (Wildman–Crippen MR) is 191 cm³/mol. The van der Waals surface area contributed by atoms with Gasteiger partial charge in [-0.3, -0.25) is 9.88 Å². The first-order valence-corrected chi connectivity index (χ1v) is 17.7. The minimum Gasteiger partial charge on any atom is -0.468 e. The van der Waals surface area contributed by atoms with Crippen molar-refractivity contribution in [3.05, 3.63) is 47.4 Å². The molecule has 0 radical (unpaired) electrons. The molecule has 2 aromatic heterocycles. The number of benzene rings is 2. The molecule has 3 fully saturated rings. The number of carbonyl (C=O) groups excluding carboxylic acids is 1. The van der Waals surface area contributed by atoms with E-state index in [4.69, 9.17) is 35.5 Å². The van der Waals surface area contributed by atoms with Crippen molar-refractivity contribution in [2.45, 2.75) is 69.8 Å². The highest BCUT2D eigenvalue weighted by molar-refractivity contribution is 6.36. The van der Waals surface area contributed by atoms with Crippen molar-refractivity contribution in [2.75, 3.05) is 58.6 Å². The van der Waals surface area contributed by atoms with Gasteiger partial charge >= 0.3 is 12.1 Å². The number of aromatic nitrogens is 3. The van der Waals surface area contributed by atoms with Gasteiger partial charge in [0.25, 0.3) is 0 Å². The summed E-state index contributed by atoms with van der Waals surface area (Å²) >= 11 is 6.70. The molecule has 0 unspecified atom stereocenters. The SMILES string of the molecule is COCOc1cc(-c2ncc3c(N(C)[C@@H]4CCN(C(=O)OC(C)(C)C)C4)nc(OC[C@@]45CCCN4C[C@H](F)C5)nc3c2F)c2c(Cl)cccc2c1. The van der Waals surface area contributed by atoms with E-state index in [1.54, 1.807) is 23.2 Å². The highest BCUT2D eigenvalue weighted by Crippen LogP contribution is 2.42. The summed E-state index contributed by atoms with van der Waals surface area (Å²) in [6.45, 7) is 7.72. The van der Waals surface area contributed by atoms with Crippen LogP contribution in [0.25, 0.3) is 32.9 Å². The predicted octanol–water partition coefficient (Wildman–Crippen LogP) is 7.02. The summed E-state index contributed by atoms with van der Waals surface area (Å²) in [6.07, 6.45) is 2.99. The molecule has 0 saturated carbocycles. The fourth-order valence-corrected chi connectivity index (χ4v) is 7.95. The Bertz CT molecular complexity index is 1960. The van der Waals surface area contributed by atoms with Crippen LogP contribution in [0, 0.1) is 5.82 Å². The number of methoxy groups -OCH3 is 1. The number of likely N-dealkylation sites (tertiary alicyclic amines) is 1. The summed E-state index contributed by atoms with van der Waals surface area (Å²) in [5.41, 5.74) is -0.631. The smallest absolute Gasteiger partial charge is 0.410 e. The summed E-state index contributed by atoms with van der Waals surface area (Å²) in [5.74, 6) is 0.167. The number of pyridine rings is 1. The maximum Gasteiger partial charge on any atom is 0.410 e. The fraction of sp³-hybridized carbons (Fsp3) is 0.514. The molecule has 3 aliphatic heterocycles. The maximum absolute atomic E-state index is 17.1. The third kappa shape index (κ3) is 6.95. The molecule has 4 aromatic rings. The number of amides is 1. The van der Waals surface area contributed by atoms with Crippen LogP contribution >= 0.6 is 11.6 Å². The molecule has 0 spiro atoms. The van der Waals surface area contributed by atoms with E-state index in [1.807, 2.05) is 50.9 Å². The zero-order valence-corrected chi connectivity index (χ0v) is 30.3. The molecule has 14 heteroatoms. The van der Waals surface area contributed by atoms with E-state index in [0.717, 1.165) is 24.8 Å². The first kappa shape index (κ1) is 35.3. The molecule has 0 aliphatic carbocycles. The average Bonchev–Trinajstić information content (AvgIpc) is 3.80. The van der Waals surface area contributed by atoms with Crippen molar-refractivity contribution >= 4 is 45.2 Å². The van der Waals surface area contributed by atoms with E-state index in [9.17, 15) is 9.18 Å². The van der Waals surface area contributed by atoms with Gasteiger partial charge in [0, 0.05) is 68.4 Å². The van der Waals surface area contributed by atoms with Crippen molar-refractivity contribution in [2.24, 2.45) is 0 Å². The zero-order chi connectivity index (χ0) is 36.1. The minimum atomic E-state index is -0.931. The zero-order valence-electron chi connectivity index (χ0n) is 29.5. The second kappa shape index (κ2) is 13.8. The Labute approximate surface area is 300 Å². The van der Waals surface area contributed by atoms with Crippen molar-refractivity contribution in [1.29, 1.82) is 0 Å². The quantitative estimate of drug-likeness (QED) is 0.167. The number of hydrogen-bond donors (Lipinski definition) is 0. The maximum atomic E-state index is 17.1. The number of ether oxygens (including phenoxy) is 4. The van der Waals surface area contributed by atoms with Gasteiger partial charge in [0.15, 0.2) is 12.6 Å². The average molecular weight is 725 g/mol. The summed E-state index contributed by atoms with van der Waals surface area (Å²) in [5, 5.41) is 2.13. The molecule has 7 rings (SSSR count). The second-order valence-electron chi connectivity index (χ2n) is 14.7. The Morgan fingerprint density at radius 1 is 1.16 bits per heavy atom. The molecular weight excluding hydrogens is 682 g/mol. The Morgan fingerprint density at radius 3 is 2.76 bits per heavy atom. The molecule has 51 heavy (non-hydrogen) atoms. The lowest BCUT2D eigenvalue weighted by Gasteiger charge is -2.31. The van der Waals surface area contributed by atoms with Gasteiger partial charge in [0.2, 0.25) is 0 Å². The molecule has 3 saturated heterocycles. The summed E-state index contributed by atoms with van der Waals surface area (Å²) in [4.78, 5) is 32.7. The van der Waals surface area contributed by atoms with Gasteiger partial charge in [-0.2, -0.15) is 9.97 Å². The lowest BCUT2D eigenvalue weighted by atomic mass is 9.95. The molecule has 1 amide bonds. The Kier molecular flexibility index (Phi) is 9.57. The molecule has 0 N–H and O–H groups in total. The molecule has 11 nitrogen and oxygen atoms in total.